The molecule has 17 heavy (non-hydrogen) atoms. The summed E-state index contributed by atoms with van der Waals surface area (Å²) in [5.74, 6) is 0. The summed E-state index contributed by atoms with van der Waals surface area (Å²) in [7, 11) is 0. The molecule has 0 aromatic rings. The van der Waals surface area contributed by atoms with E-state index in [1.54, 1.807) is 0 Å². The first-order chi connectivity index (χ1) is 8.35. The van der Waals surface area contributed by atoms with Crippen LogP contribution in [-0.4, -0.2) is 38.0 Å². The van der Waals surface area contributed by atoms with Gasteiger partial charge in [0.25, 0.3) is 0 Å². The molecule has 3 heteroatoms. The molecule has 0 aromatic heterocycles. The van der Waals surface area contributed by atoms with Crippen molar-refractivity contribution < 1.29 is 9.47 Å². The Kier molecular flexibility index (Phi) is 5.26. The molecule has 2 fully saturated rings. The average Bonchev–Trinajstić information content (AvgIpc) is 2.99. The highest BCUT2D eigenvalue weighted by Crippen LogP contribution is 2.33. The van der Waals surface area contributed by atoms with Crippen LogP contribution in [0.1, 0.15) is 51.9 Å². The number of rotatable bonds is 7. The van der Waals surface area contributed by atoms with Gasteiger partial charge >= 0.3 is 0 Å². The maximum atomic E-state index is 6.23. The molecule has 1 saturated heterocycles. The van der Waals surface area contributed by atoms with Gasteiger partial charge in [0.05, 0.1) is 18.3 Å². The first-order valence-corrected chi connectivity index (χ1v) is 7.31. The molecule has 1 heterocycles. The summed E-state index contributed by atoms with van der Waals surface area (Å²) in [6.07, 6.45) is 9.01. The maximum Gasteiger partial charge on any atom is 0.0809 e. The summed E-state index contributed by atoms with van der Waals surface area (Å²) in [6, 6.07) is 0. The SMILES string of the molecule is CCCNCC1(OCC2CCCO2)CCCC1. The van der Waals surface area contributed by atoms with Crippen LogP contribution in [0.25, 0.3) is 0 Å². The highest BCUT2D eigenvalue weighted by Gasteiger charge is 2.35. The first kappa shape index (κ1) is 13.3. The van der Waals surface area contributed by atoms with Crippen LogP contribution < -0.4 is 5.32 Å². The number of hydrogen-bond acceptors (Lipinski definition) is 3. The van der Waals surface area contributed by atoms with Crippen LogP contribution in [0.15, 0.2) is 0 Å². The van der Waals surface area contributed by atoms with Gasteiger partial charge in [0.15, 0.2) is 0 Å². The van der Waals surface area contributed by atoms with Gasteiger partial charge in [-0.1, -0.05) is 19.8 Å². The standard InChI is InChI=1S/C14H27NO2/c1-2-9-15-12-14(7-3-4-8-14)17-11-13-6-5-10-16-13/h13,15H,2-12H2,1H3. The fraction of sp³-hybridized carbons (Fsp3) is 1.00. The van der Waals surface area contributed by atoms with Crippen LogP contribution in [0.2, 0.25) is 0 Å². The van der Waals surface area contributed by atoms with Gasteiger partial charge in [-0.25, -0.2) is 0 Å². The molecule has 2 rings (SSSR count). The van der Waals surface area contributed by atoms with Crippen molar-refractivity contribution in [3.63, 3.8) is 0 Å². The van der Waals surface area contributed by atoms with Crippen LogP contribution in [0.3, 0.4) is 0 Å². The predicted octanol–water partition coefficient (Wildman–Crippen LogP) is 2.49. The zero-order chi connectivity index (χ0) is 12.0. The molecule has 100 valence electrons. The third kappa shape index (κ3) is 3.94. The second-order valence-corrected chi connectivity index (χ2v) is 5.51. The normalized spacial score (nSPS) is 27.7. The molecule has 1 atom stereocenters. The summed E-state index contributed by atoms with van der Waals surface area (Å²) in [5.41, 5.74) is 0.112. The number of hydrogen-bond donors (Lipinski definition) is 1. The van der Waals surface area contributed by atoms with E-state index in [9.17, 15) is 0 Å². The van der Waals surface area contributed by atoms with Crippen LogP contribution in [0.5, 0.6) is 0 Å². The average molecular weight is 241 g/mol. The first-order valence-electron chi connectivity index (χ1n) is 7.31. The van der Waals surface area contributed by atoms with Gasteiger partial charge < -0.3 is 14.8 Å². The minimum atomic E-state index is 0.112. The van der Waals surface area contributed by atoms with E-state index in [1.807, 2.05) is 0 Å². The van der Waals surface area contributed by atoms with E-state index in [0.717, 1.165) is 26.3 Å². The monoisotopic (exact) mass is 241 g/mol. The molecule has 0 radical (unpaired) electrons. The van der Waals surface area contributed by atoms with E-state index in [4.69, 9.17) is 9.47 Å². The largest absolute Gasteiger partial charge is 0.376 e. The van der Waals surface area contributed by atoms with Gasteiger partial charge in [-0.15, -0.1) is 0 Å². The van der Waals surface area contributed by atoms with Crippen molar-refractivity contribution in [3.05, 3.63) is 0 Å². The second kappa shape index (κ2) is 6.72. The zero-order valence-corrected chi connectivity index (χ0v) is 11.2. The Bertz CT molecular complexity index is 208. The van der Waals surface area contributed by atoms with Crippen LogP contribution >= 0.6 is 0 Å². The van der Waals surface area contributed by atoms with E-state index in [-0.39, 0.29) is 5.60 Å². The van der Waals surface area contributed by atoms with Crippen LogP contribution in [0.4, 0.5) is 0 Å². The zero-order valence-electron chi connectivity index (χ0n) is 11.2. The van der Waals surface area contributed by atoms with E-state index in [1.165, 1.54) is 44.9 Å². The molecule has 1 saturated carbocycles. The maximum absolute atomic E-state index is 6.23. The van der Waals surface area contributed by atoms with E-state index >= 15 is 0 Å². The van der Waals surface area contributed by atoms with Gasteiger partial charge in [0, 0.05) is 13.2 Å². The fourth-order valence-electron chi connectivity index (χ4n) is 2.93. The molecule has 1 unspecified atom stereocenters. The van der Waals surface area contributed by atoms with Crippen molar-refractivity contribution in [2.75, 3.05) is 26.3 Å². The van der Waals surface area contributed by atoms with Crippen molar-refractivity contribution in [2.24, 2.45) is 0 Å². The Hall–Kier alpha value is -0.120. The molecular formula is C14H27NO2. The number of ether oxygens (including phenoxy) is 2. The summed E-state index contributed by atoms with van der Waals surface area (Å²) >= 11 is 0. The minimum absolute atomic E-state index is 0.112. The molecule has 0 spiro atoms. The lowest BCUT2D eigenvalue weighted by atomic mass is 10.0. The Labute approximate surface area is 105 Å². The van der Waals surface area contributed by atoms with Crippen LogP contribution in [-0.2, 0) is 9.47 Å². The lowest BCUT2D eigenvalue weighted by Crippen LogP contribution is -2.42. The second-order valence-electron chi connectivity index (χ2n) is 5.51. The fourth-order valence-corrected chi connectivity index (χ4v) is 2.93. The highest BCUT2D eigenvalue weighted by molar-refractivity contribution is 4.89. The quantitative estimate of drug-likeness (QED) is 0.695. The Morgan fingerprint density at radius 2 is 2.12 bits per heavy atom. The van der Waals surface area contributed by atoms with E-state index < -0.39 is 0 Å². The number of nitrogens with one attached hydrogen (secondary N) is 1. The van der Waals surface area contributed by atoms with Gasteiger partial charge in [0.2, 0.25) is 0 Å². The van der Waals surface area contributed by atoms with Gasteiger partial charge in [-0.3, -0.25) is 0 Å². The highest BCUT2D eigenvalue weighted by atomic mass is 16.5. The molecule has 1 N–H and O–H groups in total. The summed E-state index contributed by atoms with van der Waals surface area (Å²) < 4.78 is 11.9. The molecule has 0 bridgehead atoms. The van der Waals surface area contributed by atoms with Gasteiger partial charge in [-0.2, -0.15) is 0 Å². The van der Waals surface area contributed by atoms with Crippen molar-refractivity contribution in [3.8, 4) is 0 Å². The minimum Gasteiger partial charge on any atom is -0.376 e. The van der Waals surface area contributed by atoms with Crippen LogP contribution in [0, 0.1) is 0 Å². The van der Waals surface area contributed by atoms with Crippen molar-refractivity contribution in [1.82, 2.24) is 5.32 Å². The molecule has 0 aromatic carbocycles. The molecule has 0 amide bonds. The molecule has 2 aliphatic rings. The Morgan fingerprint density at radius 3 is 2.76 bits per heavy atom. The summed E-state index contributed by atoms with van der Waals surface area (Å²) in [4.78, 5) is 0. The van der Waals surface area contributed by atoms with E-state index in [2.05, 4.69) is 12.2 Å². The van der Waals surface area contributed by atoms with Crippen molar-refractivity contribution in [2.45, 2.75) is 63.6 Å². The Balaban J connectivity index is 1.74. The third-order valence-corrected chi connectivity index (χ3v) is 3.99. The topological polar surface area (TPSA) is 30.5 Å². The van der Waals surface area contributed by atoms with Gasteiger partial charge in [-0.05, 0) is 38.6 Å². The predicted molar refractivity (Wildman–Crippen MR) is 69.3 cm³/mol. The lowest BCUT2D eigenvalue weighted by Gasteiger charge is -2.31. The Morgan fingerprint density at radius 1 is 1.29 bits per heavy atom. The smallest absolute Gasteiger partial charge is 0.0809 e. The molecule has 3 nitrogen and oxygen atoms in total. The summed E-state index contributed by atoms with van der Waals surface area (Å²) in [6.45, 7) is 6.06. The summed E-state index contributed by atoms with van der Waals surface area (Å²) in [5, 5.41) is 3.53. The van der Waals surface area contributed by atoms with Gasteiger partial charge in [0.1, 0.15) is 0 Å². The lowest BCUT2D eigenvalue weighted by molar-refractivity contribution is -0.0793. The molecule has 1 aliphatic carbocycles. The van der Waals surface area contributed by atoms with Crippen molar-refractivity contribution >= 4 is 0 Å². The van der Waals surface area contributed by atoms with Crippen molar-refractivity contribution in [1.29, 1.82) is 0 Å². The third-order valence-electron chi connectivity index (χ3n) is 3.99. The molecule has 1 aliphatic heterocycles. The van der Waals surface area contributed by atoms with E-state index in [0.29, 0.717) is 6.10 Å². The molecular weight excluding hydrogens is 214 g/mol.